The molecule has 0 saturated carbocycles. The number of hydrogen-bond acceptors (Lipinski definition) is 2. The van der Waals surface area contributed by atoms with Gasteiger partial charge < -0.3 is 4.57 Å². The second kappa shape index (κ2) is 3.98. The van der Waals surface area contributed by atoms with Crippen LogP contribution >= 0.6 is 23.2 Å². The van der Waals surface area contributed by atoms with Crippen LogP contribution in [0.3, 0.4) is 0 Å². The molecule has 0 bridgehead atoms. The fourth-order valence-electron chi connectivity index (χ4n) is 1.15. The van der Waals surface area contributed by atoms with E-state index in [0.717, 1.165) is 5.56 Å². The van der Waals surface area contributed by atoms with Gasteiger partial charge >= 0.3 is 0 Å². The van der Waals surface area contributed by atoms with Crippen LogP contribution in [0, 0.1) is 0 Å². The van der Waals surface area contributed by atoms with Crippen LogP contribution < -0.4 is 0 Å². The Labute approximate surface area is 91.3 Å². The molecule has 3 nitrogen and oxygen atoms in total. The summed E-state index contributed by atoms with van der Waals surface area (Å²) in [6.45, 7) is 0.698. The Morgan fingerprint density at radius 3 is 2.43 bits per heavy atom. The van der Waals surface area contributed by atoms with Crippen molar-refractivity contribution >= 4 is 23.2 Å². The number of halogens is 2. The van der Waals surface area contributed by atoms with E-state index >= 15 is 0 Å². The molecular formula is C9H7Cl2N3. The predicted molar refractivity (Wildman–Crippen MR) is 55.6 cm³/mol. The molecule has 0 amide bonds. The fourth-order valence-corrected chi connectivity index (χ4v) is 1.47. The van der Waals surface area contributed by atoms with E-state index in [2.05, 4.69) is 10.2 Å². The van der Waals surface area contributed by atoms with Crippen LogP contribution in [0.1, 0.15) is 5.56 Å². The number of nitrogens with zero attached hydrogens (tertiary/aromatic N) is 3. The quantitative estimate of drug-likeness (QED) is 0.790. The molecule has 1 aromatic heterocycles. The topological polar surface area (TPSA) is 30.7 Å². The maximum atomic E-state index is 5.88. The van der Waals surface area contributed by atoms with E-state index in [1.807, 2.05) is 16.7 Å². The van der Waals surface area contributed by atoms with Gasteiger partial charge in [0.25, 0.3) is 0 Å². The van der Waals surface area contributed by atoms with Crippen LogP contribution in [0.15, 0.2) is 30.9 Å². The first kappa shape index (κ1) is 9.49. The minimum absolute atomic E-state index is 0.567. The Morgan fingerprint density at radius 2 is 1.79 bits per heavy atom. The lowest BCUT2D eigenvalue weighted by atomic mass is 10.2. The third-order valence-corrected chi connectivity index (χ3v) is 2.55. The standard InChI is InChI=1S/C9H7Cl2N3/c10-8-2-1-7(3-9(8)11)4-14-5-12-13-6-14/h1-3,5-6H,4H2. The first-order valence-electron chi connectivity index (χ1n) is 4.02. The van der Waals surface area contributed by atoms with E-state index in [4.69, 9.17) is 23.2 Å². The van der Waals surface area contributed by atoms with Gasteiger partial charge in [0.15, 0.2) is 0 Å². The predicted octanol–water partition coefficient (Wildman–Crippen LogP) is 2.63. The molecule has 0 radical (unpaired) electrons. The Bertz CT molecular complexity index is 426. The van der Waals surface area contributed by atoms with E-state index in [1.165, 1.54) is 0 Å². The van der Waals surface area contributed by atoms with Crippen molar-refractivity contribution in [1.82, 2.24) is 14.8 Å². The van der Waals surface area contributed by atoms with Crippen molar-refractivity contribution in [2.24, 2.45) is 0 Å². The summed E-state index contributed by atoms with van der Waals surface area (Å²) in [6.07, 6.45) is 3.31. The average Bonchev–Trinajstić information content (AvgIpc) is 2.64. The third kappa shape index (κ3) is 2.05. The van der Waals surface area contributed by atoms with E-state index in [9.17, 15) is 0 Å². The van der Waals surface area contributed by atoms with Gasteiger partial charge in [0.1, 0.15) is 12.7 Å². The smallest absolute Gasteiger partial charge is 0.119 e. The summed E-state index contributed by atoms with van der Waals surface area (Å²) < 4.78 is 1.86. The van der Waals surface area contributed by atoms with Crippen LogP contribution in [0.4, 0.5) is 0 Å². The maximum absolute atomic E-state index is 5.88. The number of hydrogen-bond donors (Lipinski definition) is 0. The summed E-state index contributed by atoms with van der Waals surface area (Å²) >= 11 is 11.7. The van der Waals surface area contributed by atoms with Gasteiger partial charge in [0.2, 0.25) is 0 Å². The van der Waals surface area contributed by atoms with E-state index in [-0.39, 0.29) is 0 Å². The van der Waals surface area contributed by atoms with Crippen LogP contribution in [-0.2, 0) is 6.54 Å². The lowest BCUT2D eigenvalue weighted by Gasteiger charge is -2.02. The molecule has 0 atom stereocenters. The van der Waals surface area contributed by atoms with E-state index in [0.29, 0.717) is 16.6 Å². The highest BCUT2D eigenvalue weighted by Gasteiger charge is 2.00. The molecule has 0 aliphatic rings. The Hall–Kier alpha value is -1.06. The molecule has 1 heterocycles. The molecular weight excluding hydrogens is 221 g/mol. The SMILES string of the molecule is Clc1ccc(Cn2cnnc2)cc1Cl. The molecule has 0 saturated heterocycles. The fraction of sp³-hybridized carbons (Fsp3) is 0.111. The lowest BCUT2D eigenvalue weighted by molar-refractivity contribution is 0.794. The van der Waals surface area contributed by atoms with Crippen molar-refractivity contribution in [2.75, 3.05) is 0 Å². The van der Waals surface area contributed by atoms with Crippen molar-refractivity contribution in [1.29, 1.82) is 0 Å². The molecule has 72 valence electrons. The largest absolute Gasteiger partial charge is 0.316 e. The molecule has 0 aliphatic carbocycles. The van der Waals surface area contributed by atoms with Crippen LogP contribution in [-0.4, -0.2) is 14.8 Å². The van der Waals surface area contributed by atoms with Gasteiger partial charge in [0.05, 0.1) is 16.6 Å². The Morgan fingerprint density at radius 1 is 1.07 bits per heavy atom. The number of benzene rings is 1. The first-order chi connectivity index (χ1) is 6.75. The summed E-state index contributed by atoms with van der Waals surface area (Å²) in [7, 11) is 0. The summed E-state index contributed by atoms with van der Waals surface area (Å²) in [6, 6.07) is 5.54. The highest BCUT2D eigenvalue weighted by molar-refractivity contribution is 6.42. The molecule has 1 aromatic carbocycles. The zero-order chi connectivity index (χ0) is 9.97. The minimum atomic E-state index is 0.567. The van der Waals surface area contributed by atoms with Gasteiger partial charge in [-0.2, -0.15) is 0 Å². The second-order valence-corrected chi connectivity index (χ2v) is 3.70. The highest BCUT2D eigenvalue weighted by atomic mass is 35.5. The van der Waals surface area contributed by atoms with Gasteiger partial charge in [-0.3, -0.25) is 0 Å². The summed E-state index contributed by atoms with van der Waals surface area (Å²) in [5.74, 6) is 0. The Balaban J connectivity index is 2.22. The molecule has 0 spiro atoms. The van der Waals surface area contributed by atoms with Gasteiger partial charge in [-0.05, 0) is 17.7 Å². The molecule has 2 aromatic rings. The molecule has 0 N–H and O–H groups in total. The molecule has 14 heavy (non-hydrogen) atoms. The summed E-state index contributed by atoms with van der Waals surface area (Å²) in [5, 5.41) is 8.56. The zero-order valence-electron chi connectivity index (χ0n) is 7.19. The molecule has 0 aliphatic heterocycles. The van der Waals surface area contributed by atoms with Crippen molar-refractivity contribution in [3.8, 4) is 0 Å². The van der Waals surface area contributed by atoms with Crippen LogP contribution in [0.2, 0.25) is 10.0 Å². The van der Waals surface area contributed by atoms with Gasteiger partial charge in [0, 0.05) is 0 Å². The van der Waals surface area contributed by atoms with Gasteiger partial charge in [-0.1, -0.05) is 29.3 Å². The monoisotopic (exact) mass is 227 g/mol. The molecule has 2 rings (SSSR count). The lowest BCUT2D eigenvalue weighted by Crippen LogP contribution is -1.96. The van der Waals surface area contributed by atoms with Crippen molar-refractivity contribution in [3.63, 3.8) is 0 Å². The third-order valence-electron chi connectivity index (χ3n) is 1.82. The van der Waals surface area contributed by atoms with E-state index in [1.54, 1.807) is 18.7 Å². The normalized spacial score (nSPS) is 10.4. The van der Waals surface area contributed by atoms with Crippen molar-refractivity contribution in [3.05, 3.63) is 46.5 Å². The van der Waals surface area contributed by atoms with Gasteiger partial charge in [-0.25, -0.2) is 0 Å². The zero-order valence-corrected chi connectivity index (χ0v) is 8.70. The van der Waals surface area contributed by atoms with Crippen LogP contribution in [0.5, 0.6) is 0 Å². The first-order valence-corrected chi connectivity index (χ1v) is 4.77. The number of aromatic nitrogens is 3. The van der Waals surface area contributed by atoms with Crippen LogP contribution in [0.25, 0.3) is 0 Å². The molecule has 0 fully saturated rings. The average molecular weight is 228 g/mol. The second-order valence-electron chi connectivity index (χ2n) is 2.88. The van der Waals surface area contributed by atoms with E-state index < -0.39 is 0 Å². The highest BCUT2D eigenvalue weighted by Crippen LogP contribution is 2.22. The number of rotatable bonds is 2. The summed E-state index contributed by atoms with van der Waals surface area (Å²) in [4.78, 5) is 0. The van der Waals surface area contributed by atoms with Gasteiger partial charge in [-0.15, -0.1) is 10.2 Å². The minimum Gasteiger partial charge on any atom is -0.316 e. The summed E-state index contributed by atoms with van der Waals surface area (Å²) in [5.41, 5.74) is 1.07. The maximum Gasteiger partial charge on any atom is 0.119 e. The van der Waals surface area contributed by atoms with Crippen molar-refractivity contribution < 1.29 is 0 Å². The molecule has 0 unspecified atom stereocenters. The Kier molecular flexibility index (Phi) is 2.70. The van der Waals surface area contributed by atoms with Crippen molar-refractivity contribution in [2.45, 2.75) is 6.54 Å². The molecule has 5 heteroatoms.